The first-order chi connectivity index (χ1) is 7.50. The third kappa shape index (κ3) is 3.76. The van der Waals surface area contributed by atoms with Gasteiger partial charge in [0.1, 0.15) is 5.54 Å². The minimum Gasteiger partial charge on any atom is -0.480 e. The monoisotopic (exact) mass is 228 g/mol. The quantitative estimate of drug-likeness (QED) is 0.658. The second kappa shape index (κ2) is 5.64. The summed E-state index contributed by atoms with van der Waals surface area (Å²) in [5.41, 5.74) is -0.697. The fraction of sp³-hybridized carbons (Fsp3) is 0.917. The molecule has 0 aromatic carbocycles. The zero-order chi connectivity index (χ0) is 12.2. The molecule has 0 amide bonds. The summed E-state index contributed by atoms with van der Waals surface area (Å²) in [5, 5.41) is 12.7. The van der Waals surface area contributed by atoms with Crippen molar-refractivity contribution in [3.8, 4) is 0 Å². The van der Waals surface area contributed by atoms with Gasteiger partial charge in [-0.2, -0.15) is 0 Å². The van der Waals surface area contributed by atoms with E-state index < -0.39 is 11.5 Å². The van der Waals surface area contributed by atoms with Crippen LogP contribution in [0, 0.1) is 0 Å². The first-order valence-corrected chi connectivity index (χ1v) is 6.16. The summed E-state index contributed by atoms with van der Waals surface area (Å²) in [6.45, 7) is 2.90. The van der Waals surface area contributed by atoms with Crippen LogP contribution in [-0.2, 0) is 4.79 Å². The topological polar surface area (TPSA) is 52.6 Å². The Balaban J connectivity index is 2.50. The summed E-state index contributed by atoms with van der Waals surface area (Å²) in [7, 11) is 4.03. The minimum atomic E-state index is -0.697. The van der Waals surface area contributed by atoms with Gasteiger partial charge in [0.15, 0.2) is 0 Å². The molecule has 0 aromatic heterocycles. The molecular weight excluding hydrogens is 204 g/mol. The minimum absolute atomic E-state index is 0.440. The van der Waals surface area contributed by atoms with Gasteiger partial charge in [0.05, 0.1) is 0 Å². The Hall–Kier alpha value is -0.610. The van der Waals surface area contributed by atoms with Gasteiger partial charge in [-0.3, -0.25) is 10.1 Å². The largest absolute Gasteiger partial charge is 0.480 e. The van der Waals surface area contributed by atoms with Crippen LogP contribution in [0.1, 0.15) is 39.0 Å². The Kier molecular flexibility index (Phi) is 4.74. The highest BCUT2D eigenvalue weighted by Crippen LogP contribution is 2.27. The highest BCUT2D eigenvalue weighted by Gasteiger charge is 2.40. The highest BCUT2D eigenvalue weighted by molar-refractivity contribution is 5.78. The van der Waals surface area contributed by atoms with Crippen molar-refractivity contribution in [3.05, 3.63) is 0 Å². The lowest BCUT2D eigenvalue weighted by Crippen LogP contribution is -2.52. The van der Waals surface area contributed by atoms with Gasteiger partial charge in [0.2, 0.25) is 0 Å². The van der Waals surface area contributed by atoms with Crippen molar-refractivity contribution in [1.29, 1.82) is 0 Å². The number of carboxylic acid groups (broad SMARTS) is 1. The highest BCUT2D eigenvalue weighted by atomic mass is 16.4. The lowest BCUT2D eigenvalue weighted by molar-refractivity contribution is -0.145. The fourth-order valence-electron chi connectivity index (χ4n) is 1.99. The lowest BCUT2D eigenvalue weighted by atomic mass is 9.90. The van der Waals surface area contributed by atoms with Crippen LogP contribution < -0.4 is 5.32 Å². The van der Waals surface area contributed by atoms with Crippen LogP contribution in [0.25, 0.3) is 0 Å². The Morgan fingerprint density at radius 3 is 2.50 bits per heavy atom. The van der Waals surface area contributed by atoms with E-state index in [0.717, 1.165) is 25.8 Å². The number of carbonyl (C=O) groups is 1. The van der Waals surface area contributed by atoms with Gasteiger partial charge >= 0.3 is 5.97 Å². The van der Waals surface area contributed by atoms with Gasteiger partial charge in [0.25, 0.3) is 0 Å². The van der Waals surface area contributed by atoms with E-state index >= 15 is 0 Å². The van der Waals surface area contributed by atoms with Crippen molar-refractivity contribution < 1.29 is 9.90 Å². The first kappa shape index (κ1) is 13.5. The van der Waals surface area contributed by atoms with Crippen LogP contribution in [0.4, 0.5) is 0 Å². The SMILES string of the molecule is CCC(CCCN(C)C)(NC1CC1)C(=O)O. The van der Waals surface area contributed by atoms with E-state index in [1.807, 2.05) is 21.0 Å². The Bertz CT molecular complexity index is 239. The molecule has 1 saturated carbocycles. The molecule has 1 atom stereocenters. The number of nitrogens with one attached hydrogen (secondary N) is 1. The van der Waals surface area contributed by atoms with Crippen LogP contribution >= 0.6 is 0 Å². The van der Waals surface area contributed by atoms with E-state index in [0.29, 0.717) is 18.9 Å². The molecule has 0 aromatic rings. The molecule has 1 fully saturated rings. The van der Waals surface area contributed by atoms with Crippen molar-refractivity contribution in [2.24, 2.45) is 0 Å². The second-order valence-corrected chi connectivity index (χ2v) is 5.07. The molecule has 1 rings (SSSR count). The van der Waals surface area contributed by atoms with Gasteiger partial charge in [-0.05, 0) is 52.7 Å². The molecule has 0 bridgehead atoms. The lowest BCUT2D eigenvalue weighted by Gasteiger charge is -2.30. The van der Waals surface area contributed by atoms with E-state index in [2.05, 4.69) is 10.2 Å². The average molecular weight is 228 g/mol. The molecule has 1 unspecified atom stereocenters. The average Bonchev–Trinajstić information content (AvgIpc) is 2.99. The summed E-state index contributed by atoms with van der Waals surface area (Å²) in [5.74, 6) is -0.694. The van der Waals surface area contributed by atoms with Crippen molar-refractivity contribution in [1.82, 2.24) is 10.2 Å². The third-order valence-electron chi connectivity index (χ3n) is 3.28. The molecule has 0 spiro atoms. The molecule has 94 valence electrons. The van der Waals surface area contributed by atoms with E-state index in [-0.39, 0.29) is 0 Å². The van der Waals surface area contributed by atoms with Gasteiger partial charge in [-0.25, -0.2) is 0 Å². The maximum Gasteiger partial charge on any atom is 0.323 e. The predicted molar refractivity (Wildman–Crippen MR) is 64.6 cm³/mol. The molecule has 4 nitrogen and oxygen atoms in total. The van der Waals surface area contributed by atoms with E-state index in [4.69, 9.17) is 0 Å². The van der Waals surface area contributed by atoms with Gasteiger partial charge < -0.3 is 10.0 Å². The zero-order valence-corrected chi connectivity index (χ0v) is 10.6. The van der Waals surface area contributed by atoms with Crippen LogP contribution in [0.5, 0.6) is 0 Å². The van der Waals surface area contributed by atoms with Gasteiger partial charge in [0, 0.05) is 6.04 Å². The molecule has 0 aliphatic heterocycles. The molecule has 0 saturated heterocycles. The molecule has 4 heteroatoms. The molecular formula is C12H24N2O2. The Morgan fingerprint density at radius 2 is 2.12 bits per heavy atom. The fourth-order valence-corrected chi connectivity index (χ4v) is 1.99. The van der Waals surface area contributed by atoms with E-state index in [9.17, 15) is 9.90 Å². The molecule has 2 N–H and O–H groups in total. The molecule has 0 heterocycles. The van der Waals surface area contributed by atoms with Crippen molar-refractivity contribution in [2.75, 3.05) is 20.6 Å². The third-order valence-corrected chi connectivity index (χ3v) is 3.28. The summed E-state index contributed by atoms with van der Waals surface area (Å²) >= 11 is 0. The maximum absolute atomic E-state index is 11.4. The van der Waals surface area contributed by atoms with Gasteiger partial charge in [-0.15, -0.1) is 0 Å². The normalized spacial score (nSPS) is 19.8. The summed E-state index contributed by atoms with van der Waals surface area (Å²) in [4.78, 5) is 13.5. The van der Waals surface area contributed by atoms with E-state index in [1.54, 1.807) is 0 Å². The first-order valence-electron chi connectivity index (χ1n) is 6.16. The van der Waals surface area contributed by atoms with Crippen LogP contribution in [0.2, 0.25) is 0 Å². The summed E-state index contributed by atoms with van der Waals surface area (Å²) in [6, 6.07) is 0.440. The predicted octanol–water partition coefficient (Wildman–Crippen LogP) is 1.31. The number of rotatable bonds is 8. The van der Waals surface area contributed by atoms with Gasteiger partial charge in [-0.1, -0.05) is 6.92 Å². The molecule has 16 heavy (non-hydrogen) atoms. The molecule has 1 aliphatic carbocycles. The van der Waals surface area contributed by atoms with Crippen molar-refractivity contribution >= 4 is 5.97 Å². The number of carboxylic acids is 1. The van der Waals surface area contributed by atoms with Crippen molar-refractivity contribution in [2.45, 2.75) is 50.6 Å². The standard InChI is InChI=1S/C12H24N2O2/c1-4-12(11(15)16,13-10-6-7-10)8-5-9-14(2)3/h10,13H,4-9H2,1-3H3,(H,15,16). The zero-order valence-electron chi connectivity index (χ0n) is 10.6. The molecule has 0 radical (unpaired) electrons. The Labute approximate surface area is 98.0 Å². The number of hydrogen-bond donors (Lipinski definition) is 2. The number of nitrogens with zero attached hydrogens (tertiary/aromatic N) is 1. The maximum atomic E-state index is 11.4. The smallest absolute Gasteiger partial charge is 0.323 e. The van der Waals surface area contributed by atoms with Crippen LogP contribution in [0.3, 0.4) is 0 Å². The van der Waals surface area contributed by atoms with Crippen LogP contribution in [-0.4, -0.2) is 48.2 Å². The molecule has 1 aliphatic rings. The van der Waals surface area contributed by atoms with Crippen molar-refractivity contribution in [3.63, 3.8) is 0 Å². The number of aliphatic carboxylic acids is 1. The summed E-state index contributed by atoms with van der Waals surface area (Å²) < 4.78 is 0. The summed E-state index contributed by atoms with van der Waals surface area (Å²) in [6.07, 6.45) is 4.55. The second-order valence-electron chi connectivity index (χ2n) is 5.07. The Morgan fingerprint density at radius 1 is 1.50 bits per heavy atom. The number of hydrogen-bond acceptors (Lipinski definition) is 3. The van der Waals surface area contributed by atoms with Crippen LogP contribution in [0.15, 0.2) is 0 Å². The van der Waals surface area contributed by atoms with E-state index in [1.165, 1.54) is 0 Å².